The number of rotatable bonds is 3. The predicted molar refractivity (Wildman–Crippen MR) is 121 cm³/mol. The number of halogens is 1. The molecule has 4 aromatic rings. The number of nitrogens with zero attached hydrogens (tertiary/aromatic N) is 2. The van der Waals surface area contributed by atoms with E-state index in [2.05, 4.69) is 72.6 Å². The molecule has 0 amide bonds. The van der Waals surface area contributed by atoms with Crippen molar-refractivity contribution >= 4 is 55.3 Å². The molecule has 1 aromatic heterocycles. The van der Waals surface area contributed by atoms with E-state index in [4.69, 9.17) is 16.6 Å². The fourth-order valence-corrected chi connectivity index (χ4v) is 4.97. The van der Waals surface area contributed by atoms with Crippen LogP contribution in [0.4, 0.5) is 22.2 Å². The first-order chi connectivity index (χ1) is 13.5. The fourth-order valence-electron chi connectivity index (χ4n) is 3.95. The molecule has 5 heteroatoms. The summed E-state index contributed by atoms with van der Waals surface area (Å²) < 4.78 is 1.12. The zero-order valence-electron chi connectivity index (χ0n) is 15.7. The number of hydrogen-bond donors (Lipinski definition) is 1. The summed E-state index contributed by atoms with van der Waals surface area (Å²) in [5.74, 6) is 0. The highest BCUT2D eigenvalue weighted by molar-refractivity contribution is 7.22. The molecule has 1 aliphatic rings. The minimum absolute atomic E-state index is 0.107. The predicted octanol–water partition coefficient (Wildman–Crippen LogP) is 7.12. The Bertz CT molecular complexity index is 1180. The highest BCUT2D eigenvalue weighted by Gasteiger charge is 2.36. The average Bonchev–Trinajstić information content (AvgIpc) is 3.20. The van der Waals surface area contributed by atoms with Crippen molar-refractivity contribution in [2.75, 3.05) is 16.8 Å². The number of thiazole rings is 1. The maximum atomic E-state index is 6.11. The second-order valence-electron chi connectivity index (χ2n) is 7.76. The molecule has 140 valence electrons. The van der Waals surface area contributed by atoms with Gasteiger partial charge in [-0.1, -0.05) is 67.1 Å². The summed E-state index contributed by atoms with van der Waals surface area (Å²) in [6.07, 6.45) is 0. The topological polar surface area (TPSA) is 28.2 Å². The molecular weight excluding hydrogens is 386 g/mol. The van der Waals surface area contributed by atoms with Crippen LogP contribution in [-0.4, -0.2) is 11.5 Å². The molecule has 0 atom stereocenters. The molecule has 1 N–H and O–H groups in total. The first-order valence-corrected chi connectivity index (χ1v) is 10.5. The summed E-state index contributed by atoms with van der Waals surface area (Å²) in [7, 11) is 0. The summed E-state index contributed by atoms with van der Waals surface area (Å²) >= 11 is 7.75. The van der Waals surface area contributed by atoms with Crippen molar-refractivity contribution in [1.82, 2.24) is 4.98 Å². The number of hydrogen-bond acceptors (Lipinski definition) is 4. The molecule has 0 bridgehead atoms. The normalized spacial score (nSPS) is 15.0. The Balaban J connectivity index is 1.55. The minimum atomic E-state index is 0.107. The molecule has 0 aliphatic carbocycles. The van der Waals surface area contributed by atoms with Crippen LogP contribution < -0.4 is 10.2 Å². The number of aromatic nitrogens is 1. The van der Waals surface area contributed by atoms with Crippen molar-refractivity contribution in [2.45, 2.75) is 19.3 Å². The van der Waals surface area contributed by atoms with Gasteiger partial charge in [-0.3, -0.25) is 0 Å². The van der Waals surface area contributed by atoms with Gasteiger partial charge in [0.25, 0.3) is 0 Å². The molecule has 1 aliphatic heterocycles. The van der Waals surface area contributed by atoms with E-state index in [1.807, 2.05) is 18.2 Å². The summed E-state index contributed by atoms with van der Waals surface area (Å²) in [5, 5.41) is 5.12. The Morgan fingerprint density at radius 1 is 1.00 bits per heavy atom. The van der Waals surface area contributed by atoms with E-state index < -0.39 is 0 Å². The van der Waals surface area contributed by atoms with Gasteiger partial charge in [0.1, 0.15) is 0 Å². The van der Waals surface area contributed by atoms with Crippen LogP contribution in [0.3, 0.4) is 0 Å². The van der Waals surface area contributed by atoms with Gasteiger partial charge in [0, 0.05) is 22.7 Å². The minimum Gasteiger partial charge on any atom is -0.339 e. The largest absolute Gasteiger partial charge is 0.339 e. The Hall–Kier alpha value is -2.56. The van der Waals surface area contributed by atoms with Gasteiger partial charge in [-0.25, -0.2) is 4.98 Å². The Morgan fingerprint density at radius 3 is 2.61 bits per heavy atom. The third-order valence-corrected chi connectivity index (χ3v) is 6.45. The second kappa shape index (κ2) is 6.50. The molecule has 5 rings (SSSR count). The third kappa shape index (κ3) is 2.93. The van der Waals surface area contributed by atoms with E-state index in [0.29, 0.717) is 5.02 Å². The molecule has 3 aromatic carbocycles. The molecule has 3 nitrogen and oxygen atoms in total. The van der Waals surface area contributed by atoms with Crippen molar-refractivity contribution in [3.8, 4) is 0 Å². The van der Waals surface area contributed by atoms with Gasteiger partial charge in [-0.05, 0) is 42.0 Å². The van der Waals surface area contributed by atoms with Crippen LogP contribution in [0.15, 0.2) is 66.7 Å². The zero-order valence-corrected chi connectivity index (χ0v) is 17.3. The van der Waals surface area contributed by atoms with Crippen molar-refractivity contribution in [3.63, 3.8) is 0 Å². The van der Waals surface area contributed by atoms with E-state index >= 15 is 0 Å². The number of nitrogens with one attached hydrogen (secondary N) is 1. The lowest BCUT2D eigenvalue weighted by Gasteiger charge is -2.25. The average molecular weight is 406 g/mol. The van der Waals surface area contributed by atoms with Gasteiger partial charge in [0.15, 0.2) is 5.13 Å². The highest BCUT2D eigenvalue weighted by Crippen LogP contribution is 2.46. The van der Waals surface area contributed by atoms with Crippen molar-refractivity contribution in [3.05, 3.63) is 77.3 Å². The number of anilines is 4. The van der Waals surface area contributed by atoms with Crippen LogP contribution >= 0.6 is 22.9 Å². The quantitative estimate of drug-likeness (QED) is 0.393. The van der Waals surface area contributed by atoms with Gasteiger partial charge in [0.05, 0.1) is 21.6 Å². The van der Waals surface area contributed by atoms with Crippen molar-refractivity contribution in [2.24, 2.45) is 0 Å². The van der Waals surface area contributed by atoms with Crippen LogP contribution in [0.5, 0.6) is 0 Å². The molecule has 0 spiro atoms. The maximum Gasteiger partial charge on any atom is 0.188 e. The smallest absolute Gasteiger partial charge is 0.188 e. The monoisotopic (exact) mass is 405 g/mol. The Kier molecular flexibility index (Phi) is 4.07. The molecule has 0 saturated carbocycles. The standard InChI is InChI=1S/C23H20ClN3S/c1-23(2)14-27(19-9-5-3-7-16(19)23)20-10-6-4-8-17(20)25-22-26-18-13-15(24)11-12-21(18)28-22/h3-13H,14H2,1-2H3,(H,25,26). The molecule has 0 unspecified atom stereocenters. The van der Waals surface area contributed by atoms with E-state index in [0.717, 1.165) is 33.3 Å². The summed E-state index contributed by atoms with van der Waals surface area (Å²) in [4.78, 5) is 7.12. The molecule has 2 heterocycles. The maximum absolute atomic E-state index is 6.11. The Morgan fingerprint density at radius 2 is 1.75 bits per heavy atom. The van der Waals surface area contributed by atoms with Crippen LogP contribution in [0.25, 0.3) is 10.2 Å². The lowest BCUT2D eigenvalue weighted by atomic mass is 9.87. The van der Waals surface area contributed by atoms with Crippen LogP contribution in [0.2, 0.25) is 5.02 Å². The summed E-state index contributed by atoms with van der Waals surface area (Å²) in [5.41, 5.74) is 5.91. The third-order valence-electron chi connectivity index (χ3n) is 5.26. The first kappa shape index (κ1) is 17.5. The van der Waals surface area contributed by atoms with Crippen LogP contribution in [0, 0.1) is 0 Å². The van der Waals surface area contributed by atoms with Crippen molar-refractivity contribution in [1.29, 1.82) is 0 Å². The van der Waals surface area contributed by atoms with E-state index in [-0.39, 0.29) is 5.41 Å². The Labute approximate surface area is 173 Å². The molecule has 0 radical (unpaired) electrons. The second-order valence-corrected chi connectivity index (χ2v) is 9.23. The van der Waals surface area contributed by atoms with E-state index in [1.165, 1.54) is 11.3 Å². The van der Waals surface area contributed by atoms with E-state index in [9.17, 15) is 0 Å². The lowest BCUT2D eigenvalue weighted by Crippen LogP contribution is -2.25. The fraction of sp³-hybridized carbons (Fsp3) is 0.174. The highest BCUT2D eigenvalue weighted by atomic mass is 35.5. The van der Waals surface area contributed by atoms with Crippen molar-refractivity contribution < 1.29 is 0 Å². The van der Waals surface area contributed by atoms with Gasteiger partial charge < -0.3 is 10.2 Å². The zero-order chi connectivity index (χ0) is 19.3. The van der Waals surface area contributed by atoms with Gasteiger partial charge >= 0.3 is 0 Å². The van der Waals surface area contributed by atoms with Gasteiger partial charge in [-0.15, -0.1) is 0 Å². The molecule has 28 heavy (non-hydrogen) atoms. The lowest BCUT2D eigenvalue weighted by molar-refractivity contribution is 0.569. The van der Waals surface area contributed by atoms with Gasteiger partial charge in [-0.2, -0.15) is 0 Å². The number of para-hydroxylation sites is 3. The number of benzene rings is 3. The van der Waals surface area contributed by atoms with Crippen LogP contribution in [-0.2, 0) is 5.41 Å². The molecule has 0 saturated heterocycles. The number of fused-ring (bicyclic) bond motifs is 2. The summed E-state index contributed by atoms with van der Waals surface area (Å²) in [6.45, 7) is 5.55. The SMILES string of the molecule is CC1(C)CN(c2ccccc2Nc2nc3cc(Cl)ccc3s2)c2ccccc21. The van der Waals surface area contributed by atoms with E-state index in [1.54, 1.807) is 11.3 Å². The molecular formula is C23H20ClN3S. The van der Waals surface area contributed by atoms with Crippen LogP contribution in [0.1, 0.15) is 19.4 Å². The van der Waals surface area contributed by atoms with Gasteiger partial charge in [0.2, 0.25) is 0 Å². The molecule has 0 fully saturated rings. The summed E-state index contributed by atoms with van der Waals surface area (Å²) in [6, 6.07) is 22.9. The first-order valence-electron chi connectivity index (χ1n) is 9.30.